The largest absolute Gasteiger partial charge is 0.481 e. The molecule has 0 unspecified atom stereocenters. The van der Waals surface area contributed by atoms with Crippen molar-refractivity contribution in [2.24, 2.45) is 0 Å². The lowest BCUT2D eigenvalue weighted by molar-refractivity contribution is -0.136. The summed E-state index contributed by atoms with van der Waals surface area (Å²) in [6, 6.07) is 0. The standard InChI is InChI=1S/C11H16N2O2/c1-2-13-11(8-3-4-8)9(7-12-13)5-6-10(14)15/h7-8H,2-6H2,1H3,(H,14,15). The van der Waals surface area contributed by atoms with E-state index in [1.165, 1.54) is 18.5 Å². The quantitative estimate of drug-likeness (QED) is 0.802. The van der Waals surface area contributed by atoms with Crippen molar-refractivity contribution >= 4 is 5.97 Å². The fourth-order valence-electron chi connectivity index (χ4n) is 1.95. The second-order valence-corrected chi connectivity index (χ2v) is 4.04. The summed E-state index contributed by atoms with van der Waals surface area (Å²) in [7, 11) is 0. The van der Waals surface area contributed by atoms with Gasteiger partial charge in [0.25, 0.3) is 0 Å². The van der Waals surface area contributed by atoms with Gasteiger partial charge in [0, 0.05) is 24.6 Å². The van der Waals surface area contributed by atoms with Crippen molar-refractivity contribution in [3.05, 3.63) is 17.5 Å². The third-order valence-electron chi connectivity index (χ3n) is 2.83. The lowest BCUT2D eigenvalue weighted by Gasteiger charge is -2.05. The third kappa shape index (κ3) is 2.19. The zero-order valence-corrected chi connectivity index (χ0v) is 8.94. The van der Waals surface area contributed by atoms with Gasteiger partial charge in [-0.05, 0) is 31.7 Å². The zero-order chi connectivity index (χ0) is 10.8. The monoisotopic (exact) mass is 208 g/mol. The van der Waals surface area contributed by atoms with Gasteiger partial charge >= 0.3 is 5.97 Å². The number of hydrogen-bond donors (Lipinski definition) is 1. The second-order valence-electron chi connectivity index (χ2n) is 4.04. The molecule has 1 N–H and O–H groups in total. The predicted octanol–water partition coefficient (Wildman–Crippen LogP) is 1.80. The predicted molar refractivity (Wildman–Crippen MR) is 55.8 cm³/mol. The Labute approximate surface area is 88.9 Å². The van der Waals surface area contributed by atoms with Crippen molar-refractivity contribution in [3.63, 3.8) is 0 Å². The number of aryl methyl sites for hydroxylation is 2. The fourth-order valence-corrected chi connectivity index (χ4v) is 1.95. The molecular weight excluding hydrogens is 192 g/mol. The third-order valence-corrected chi connectivity index (χ3v) is 2.83. The summed E-state index contributed by atoms with van der Waals surface area (Å²) in [4.78, 5) is 10.5. The van der Waals surface area contributed by atoms with Crippen LogP contribution in [0.15, 0.2) is 6.20 Å². The molecule has 1 aliphatic carbocycles. The fraction of sp³-hybridized carbons (Fsp3) is 0.636. The van der Waals surface area contributed by atoms with Crippen LogP contribution in [0.5, 0.6) is 0 Å². The number of rotatable bonds is 5. The van der Waals surface area contributed by atoms with Crippen LogP contribution in [0.25, 0.3) is 0 Å². The maximum atomic E-state index is 10.5. The molecule has 0 amide bonds. The first kappa shape index (κ1) is 10.2. The molecule has 1 saturated carbocycles. The van der Waals surface area contributed by atoms with Gasteiger partial charge < -0.3 is 5.11 Å². The molecule has 0 bridgehead atoms. The van der Waals surface area contributed by atoms with Crippen molar-refractivity contribution in [3.8, 4) is 0 Å². The summed E-state index contributed by atoms with van der Waals surface area (Å²) in [5.74, 6) is -0.0998. The molecule has 0 atom stereocenters. The average Bonchev–Trinajstić information content (AvgIpc) is 2.96. The van der Waals surface area contributed by atoms with Crippen LogP contribution in [0.3, 0.4) is 0 Å². The normalized spacial score (nSPS) is 15.5. The van der Waals surface area contributed by atoms with E-state index in [9.17, 15) is 4.79 Å². The highest BCUT2D eigenvalue weighted by Crippen LogP contribution is 2.41. The van der Waals surface area contributed by atoms with E-state index in [0.29, 0.717) is 12.3 Å². The van der Waals surface area contributed by atoms with Gasteiger partial charge in [-0.3, -0.25) is 9.48 Å². The van der Waals surface area contributed by atoms with Crippen molar-refractivity contribution < 1.29 is 9.90 Å². The average molecular weight is 208 g/mol. The van der Waals surface area contributed by atoms with Gasteiger partial charge in [-0.1, -0.05) is 0 Å². The van der Waals surface area contributed by atoms with Crippen LogP contribution in [-0.4, -0.2) is 20.9 Å². The van der Waals surface area contributed by atoms with E-state index >= 15 is 0 Å². The summed E-state index contributed by atoms with van der Waals surface area (Å²) >= 11 is 0. The van der Waals surface area contributed by atoms with Gasteiger partial charge in [0.2, 0.25) is 0 Å². The van der Waals surface area contributed by atoms with Crippen molar-refractivity contribution in [2.45, 2.75) is 45.1 Å². The summed E-state index contributed by atoms with van der Waals surface area (Å²) in [6.45, 7) is 2.94. The molecule has 1 aliphatic rings. The van der Waals surface area contributed by atoms with Crippen LogP contribution >= 0.6 is 0 Å². The number of aliphatic carboxylic acids is 1. The highest BCUT2D eigenvalue weighted by molar-refractivity contribution is 5.67. The number of hydrogen-bond acceptors (Lipinski definition) is 2. The maximum Gasteiger partial charge on any atom is 0.303 e. The molecule has 0 aromatic carbocycles. The number of carbonyl (C=O) groups is 1. The Hall–Kier alpha value is -1.32. The second kappa shape index (κ2) is 4.04. The highest BCUT2D eigenvalue weighted by atomic mass is 16.4. The number of carboxylic acid groups (broad SMARTS) is 1. The van der Waals surface area contributed by atoms with Crippen LogP contribution in [0, 0.1) is 0 Å². The topological polar surface area (TPSA) is 55.1 Å². The Morgan fingerprint density at radius 3 is 2.93 bits per heavy atom. The Morgan fingerprint density at radius 1 is 1.67 bits per heavy atom. The van der Waals surface area contributed by atoms with E-state index in [0.717, 1.165) is 12.1 Å². The summed E-state index contributed by atoms with van der Waals surface area (Å²) in [6.07, 6.45) is 5.11. The molecular formula is C11H16N2O2. The van der Waals surface area contributed by atoms with Gasteiger partial charge in [-0.2, -0.15) is 5.10 Å². The minimum absolute atomic E-state index is 0.203. The maximum absolute atomic E-state index is 10.5. The molecule has 1 heterocycles. The van der Waals surface area contributed by atoms with Crippen molar-refractivity contribution in [2.75, 3.05) is 0 Å². The van der Waals surface area contributed by atoms with Crippen LogP contribution < -0.4 is 0 Å². The minimum atomic E-state index is -0.735. The zero-order valence-electron chi connectivity index (χ0n) is 8.94. The molecule has 2 rings (SSSR count). The van der Waals surface area contributed by atoms with Crippen LogP contribution in [-0.2, 0) is 17.8 Å². The lowest BCUT2D eigenvalue weighted by atomic mass is 10.1. The van der Waals surface area contributed by atoms with Crippen LogP contribution in [0.1, 0.15) is 43.4 Å². The van der Waals surface area contributed by atoms with Gasteiger partial charge in [0.05, 0.1) is 6.20 Å². The molecule has 1 fully saturated rings. The summed E-state index contributed by atoms with van der Waals surface area (Å²) in [5.41, 5.74) is 2.40. The summed E-state index contributed by atoms with van der Waals surface area (Å²) < 4.78 is 2.01. The Morgan fingerprint density at radius 2 is 2.40 bits per heavy atom. The Kier molecular flexibility index (Phi) is 2.75. The SMILES string of the molecule is CCn1ncc(CCC(=O)O)c1C1CC1. The molecule has 0 saturated heterocycles. The van der Waals surface area contributed by atoms with E-state index in [2.05, 4.69) is 12.0 Å². The molecule has 0 radical (unpaired) electrons. The van der Waals surface area contributed by atoms with Crippen molar-refractivity contribution in [1.29, 1.82) is 0 Å². The van der Waals surface area contributed by atoms with Gasteiger partial charge in [-0.15, -0.1) is 0 Å². The lowest BCUT2D eigenvalue weighted by Crippen LogP contribution is -2.04. The molecule has 1 aromatic rings. The minimum Gasteiger partial charge on any atom is -0.481 e. The van der Waals surface area contributed by atoms with E-state index in [1.807, 2.05) is 10.9 Å². The van der Waals surface area contributed by atoms with Crippen molar-refractivity contribution in [1.82, 2.24) is 9.78 Å². The van der Waals surface area contributed by atoms with E-state index in [-0.39, 0.29) is 6.42 Å². The van der Waals surface area contributed by atoms with E-state index in [4.69, 9.17) is 5.11 Å². The van der Waals surface area contributed by atoms with Crippen LogP contribution in [0.2, 0.25) is 0 Å². The Balaban J connectivity index is 2.15. The first-order valence-electron chi connectivity index (χ1n) is 5.48. The smallest absolute Gasteiger partial charge is 0.303 e. The van der Waals surface area contributed by atoms with Gasteiger partial charge in [0.15, 0.2) is 0 Å². The van der Waals surface area contributed by atoms with Crippen LogP contribution in [0.4, 0.5) is 0 Å². The first-order valence-corrected chi connectivity index (χ1v) is 5.48. The van der Waals surface area contributed by atoms with E-state index < -0.39 is 5.97 Å². The van der Waals surface area contributed by atoms with Gasteiger partial charge in [-0.25, -0.2) is 0 Å². The number of carboxylic acids is 1. The molecule has 0 aliphatic heterocycles. The molecule has 4 nitrogen and oxygen atoms in total. The molecule has 82 valence electrons. The molecule has 4 heteroatoms. The highest BCUT2D eigenvalue weighted by Gasteiger charge is 2.29. The number of aromatic nitrogens is 2. The molecule has 1 aromatic heterocycles. The van der Waals surface area contributed by atoms with E-state index in [1.54, 1.807) is 0 Å². The molecule has 15 heavy (non-hydrogen) atoms. The first-order chi connectivity index (χ1) is 7.22. The number of nitrogens with zero attached hydrogens (tertiary/aromatic N) is 2. The Bertz CT molecular complexity index is 367. The molecule has 0 spiro atoms. The summed E-state index contributed by atoms with van der Waals surface area (Å²) in [5, 5.41) is 13.0. The van der Waals surface area contributed by atoms with Gasteiger partial charge in [0.1, 0.15) is 0 Å².